The fourth-order valence-electron chi connectivity index (χ4n) is 3.72. The van der Waals surface area contributed by atoms with Crippen LogP contribution in [-0.4, -0.2) is 85.6 Å². The number of aliphatic hydroxyl groups is 5. The van der Waals surface area contributed by atoms with Crippen molar-refractivity contribution in [2.75, 3.05) is 6.61 Å². The summed E-state index contributed by atoms with van der Waals surface area (Å²) in [4.78, 5) is 10.8. The molecule has 6 N–H and O–H groups in total. The van der Waals surface area contributed by atoms with Gasteiger partial charge in [0.25, 0.3) is 0 Å². The fraction of sp³-hybridized carbons (Fsp3) is 0.654. The minimum atomic E-state index is -1.50. The van der Waals surface area contributed by atoms with Gasteiger partial charge in [0.2, 0.25) is 0 Å². The predicted molar refractivity (Wildman–Crippen MR) is 131 cm³/mol. The van der Waals surface area contributed by atoms with Crippen LogP contribution in [0.15, 0.2) is 47.6 Å². The van der Waals surface area contributed by atoms with Crippen LogP contribution in [0.2, 0.25) is 0 Å². The number of hydrogen-bond acceptors (Lipinski definition) is 8. The van der Waals surface area contributed by atoms with Gasteiger partial charge in [0.15, 0.2) is 6.29 Å². The normalized spacial score (nSPS) is 28.9. The van der Waals surface area contributed by atoms with Gasteiger partial charge in [0, 0.05) is 5.57 Å². The molecule has 9 nitrogen and oxygen atoms in total. The summed E-state index contributed by atoms with van der Waals surface area (Å²) < 4.78 is 11.3. The van der Waals surface area contributed by atoms with Gasteiger partial charge in [-0.2, -0.15) is 0 Å². The quantitative estimate of drug-likeness (QED) is 0.156. The first kappa shape index (κ1) is 31.2. The van der Waals surface area contributed by atoms with E-state index in [0.29, 0.717) is 19.3 Å². The lowest BCUT2D eigenvalue weighted by molar-refractivity contribution is -0.319. The van der Waals surface area contributed by atoms with Gasteiger partial charge in [-0.15, -0.1) is 6.58 Å². The van der Waals surface area contributed by atoms with E-state index >= 15 is 0 Å². The number of allylic oxidation sites excluding steroid dienone is 3. The number of aliphatic hydroxyl groups excluding tert-OH is 5. The Kier molecular flexibility index (Phi) is 13.0. The fourth-order valence-corrected chi connectivity index (χ4v) is 3.72. The van der Waals surface area contributed by atoms with E-state index in [0.717, 1.165) is 24.0 Å². The van der Waals surface area contributed by atoms with Crippen LogP contribution in [-0.2, 0) is 14.3 Å². The van der Waals surface area contributed by atoms with E-state index in [4.69, 9.17) is 14.6 Å². The smallest absolute Gasteiger partial charge is 0.331 e. The molecule has 1 heterocycles. The monoisotopic (exact) mass is 498 g/mol. The summed E-state index contributed by atoms with van der Waals surface area (Å²) in [6.45, 7) is 10.4. The second kappa shape index (κ2) is 14.6. The van der Waals surface area contributed by atoms with Gasteiger partial charge >= 0.3 is 5.97 Å². The minimum Gasteiger partial charge on any atom is -0.478 e. The van der Waals surface area contributed by atoms with E-state index in [-0.39, 0.29) is 5.57 Å². The zero-order valence-electron chi connectivity index (χ0n) is 21.1. The van der Waals surface area contributed by atoms with Gasteiger partial charge in [0.1, 0.15) is 24.4 Å². The summed E-state index contributed by atoms with van der Waals surface area (Å²) in [5.74, 6) is -1.04. The summed E-state index contributed by atoms with van der Waals surface area (Å²) in [5.41, 5.74) is 1.38. The van der Waals surface area contributed by atoms with Crippen molar-refractivity contribution >= 4 is 5.97 Å². The van der Waals surface area contributed by atoms with Crippen molar-refractivity contribution in [1.82, 2.24) is 0 Å². The Morgan fingerprint density at radius 1 is 1.09 bits per heavy atom. The molecular weight excluding hydrogens is 456 g/mol. The summed E-state index contributed by atoms with van der Waals surface area (Å²) in [6, 6.07) is 0. The molecule has 9 heteroatoms. The molecule has 0 aromatic heterocycles. The second-order valence-electron chi connectivity index (χ2n) is 9.44. The molecule has 1 fully saturated rings. The Hall–Kier alpha value is -1.85. The third-order valence-electron chi connectivity index (χ3n) is 6.14. The lowest BCUT2D eigenvalue weighted by Gasteiger charge is -2.42. The van der Waals surface area contributed by atoms with Crippen molar-refractivity contribution in [3.05, 3.63) is 47.6 Å². The highest BCUT2D eigenvalue weighted by atomic mass is 16.7. The number of carboxylic acids is 1. The van der Waals surface area contributed by atoms with Crippen LogP contribution in [0, 0.1) is 0 Å². The van der Waals surface area contributed by atoms with Crippen molar-refractivity contribution in [3.63, 3.8) is 0 Å². The summed E-state index contributed by atoms with van der Waals surface area (Å²) in [7, 11) is 0. The average molecular weight is 499 g/mol. The number of rotatable bonds is 14. The van der Waals surface area contributed by atoms with E-state index in [1.807, 2.05) is 19.9 Å². The molecule has 35 heavy (non-hydrogen) atoms. The maximum absolute atomic E-state index is 10.8. The molecule has 0 saturated carbocycles. The summed E-state index contributed by atoms with van der Waals surface area (Å²) in [6.07, 6.45) is 2.68. The van der Waals surface area contributed by atoms with Crippen LogP contribution in [0.25, 0.3) is 0 Å². The molecule has 0 aromatic carbocycles. The molecule has 0 aromatic rings. The maximum atomic E-state index is 10.8. The molecule has 1 saturated heterocycles. The molecule has 1 aliphatic rings. The first-order valence-electron chi connectivity index (χ1n) is 11.9. The van der Waals surface area contributed by atoms with Gasteiger partial charge in [-0.25, -0.2) is 4.79 Å². The Labute approximate surface area is 207 Å². The van der Waals surface area contributed by atoms with E-state index in [2.05, 4.69) is 12.7 Å². The lowest BCUT2D eigenvalue weighted by atomic mass is 9.96. The van der Waals surface area contributed by atoms with Crippen LogP contribution in [0.3, 0.4) is 0 Å². The van der Waals surface area contributed by atoms with Gasteiger partial charge < -0.3 is 40.1 Å². The van der Waals surface area contributed by atoms with Crippen LogP contribution in [0.4, 0.5) is 0 Å². The van der Waals surface area contributed by atoms with Gasteiger partial charge in [-0.3, -0.25) is 0 Å². The van der Waals surface area contributed by atoms with Crippen molar-refractivity contribution in [2.45, 2.75) is 102 Å². The number of carboxylic acid groups (broad SMARTS) is 1. The topological polar surface area (TPSA) is 157 Å². The van der Waals surface area contributed by atoms with Crippen molar-refractivity contribution < 1.29 is 44.9 Å². The number of aliphatic carboxylic acids is 1. The number of ether oxygens (including phenoxy) is 2. The van der Waals surface area contributed by atoms with Crippen LogP contribution in [0.5, 0.6) is 0 Å². The summed E-state index contributed by atoms with van der Waals surface area (Å²) >= 11 is 0. The molecule has 0 aliphatic carbocycles. The van der Waals surface area contributed by atoms with E-state index in [1.165, 1.54) is 13.0 Å². The van der Waals surface area contributed by atoms with Gasteiger partial charge in [-0.05, 0) is 65.9 Å². The van der Waals surface area contributed by atoms with Crippen LogP contribution >= 0.6 is 0 Å². The zero-order chi connectivity index (χ0) is 26.8. The van der Waals surface area contributed by atoms with Gasteiger partial charge in [-0.1, -0.05) is 29.4 Å². The van der Waals surface area contributed by atoms with Crippen LogP contribution < -0.4 is 0 Å². The first-order valence-corrected chi connectivity index (χ1v) is 11.9. The highest BCUT2D eigenvalue weighted by molar-refractivity contribution is 5.85. The Morgan fingerprint density at radius 3 is 2.29 bits per heavy atom. The Balaban J connectivity index is 2.57. The van der Waals surface area contributed by atoms with Gasteiger partial charge in [0.05, 0.1) is 18.3 Å². The Bertz CT molecular complexity index is 786. The lowest BCUT2D eigenvalue weighted by Crippen LogP contribution is -2.60. The number of hydrogen-bond donors (Lipinski definition) is 6. The average Bonchev–Trinajstić information content (AvgIpc) is 2.79. The third-order valence-corrected chi connectivity index (χ3v) is 6.14. The SMILES string of the molecule is C=CC(C)(CCC=C(C)CCC=C(C)CC(O)C=C(C)C(=O)O)OC1OC(CO)C(O)C(O)C1O. The molecule has 7 atom stereocenters. The second-order valence-corrected chi connectivity index (χ2v) is 9.44. The van der Waals surface area contributed by atoms with E-state index < -0.39 is 55.0 Å². The zero-order valence-corrected chi connectivity index (χ0v) is 21.1. The number of carbonyl (C=O) groups is 1. The molecule has 0 bridgehead atoms. The van der Waals surface area contributed by atoms with E-state index in [1.54, 1.807) is 13.0 Å². The predicted octanol–water partition coefficient (Wildman–Crippen LogP) is 1.98. The largest absolute Gasteiger partial charge is 0.478 e. The minimum absolute atomic E-state index is 0.117. The maximum Gasteiger partial charge on any atom is 0.331 e. The molecule has 1 aliphatic heterocycles. The van der Waals surface area contributed by atoms with E-state index in [9.17, 15) is 30.3 Å². The van der Waals surface area contributed by atoms with Crippen LogP contribution in [0.1, 0.15) is 59.8 Å². The highest BCUT2D eigenvalue weighted by Crippen LogP contribution is 2.29. The highest BCUT2D eigenvalue weighted by Gasteiger charge is 2.45. The molecule has 0 amide bonds. The molecule has 0 spiro atoms. The molecule has 7 unspecified atom stereocenters. The third kappa shape index (κ3) is 10.3. The molecule has 0 radical (unpaired) electrons. The van der Waals surface area contributed by atoms with Crippen molar-refractivity contribution in [3.8, 4) is 0 Å². The molecular formula is C26H42O9. The standard InChI is InChI=1S/C26H42O9/c1-6-26(5,35-25-23(31)22(30)21(29)20(15-27)34-25)12-8-11-16(2)9-7-10-17(3)13-19(28)14-18(4)24(32)33/h6,10-11,14,19-23,25,27-31H,1,7-9,12-13,15H2,2-5H3,(H,32,33). The molecule has 200 valence electrons. The first-order chi connectivity index (χ1) is 16.3. The summed E-state index contributed by atoms with van der Waals surface area (Å²) in [5, 5.41) is 58.3. The van der Waals surface area contributed by atoms with Crippen molar-refractivity contribution in [2.24, 2.45) is 0 Å². The molecule has 1 rings (SSSR count). The van der Waals surface area contributed by atoms with Crippen molar-refractivity contribution in [1.29, 1.82) is 0 Å². The Morgan fingerprint density at radius 2 is 1.71 bits per heavy atom.